The van der Waals surface area contributed by atoms with Crippen molar-refractivity contribution in [1.29, 1.82) is 0 Å². The van der Waals surface area contributed by atoms with Gasteiger partial charge in [-0.3, -0.25) is 9.48 Å². The van der Waals surface area contributed by atoms with Gasteiger partial charge in [0, 0.05) is 25.1 Å². The fraction of sp³-hybridized carbons (Fsp3) is 0.765. The van der Waals surface area contributed by atoms with E-state index in [4.69, 9.17) is 9.47 Å². The highest BCUT2D eigenvalue weighted by atomic mass is 16.5. The Hall–Kier alpha value is -1.40. The van der Waals surface area contributed by atoms with Gasteiger partial charge >= 0.3 is 0 Å². The molecule has 23 heavy (non-hydrogen) atoms. The summed E-state index contributed by atoms with van der Waals surface area (Å²) in [4.78, 5) is 12.8. The van der Waals surface area contributed by atoms with E-state index in [1.165, 1.54) is 0 Å². The van der Waals surface area contributed by atoms with Crippen molar-refractivity contribution in [1.82, 2.24) is 15.1 Å². The van der Waals surface area contributed by atoms with E-state index in [9.17, 15) is 4.79 Å². The van der Waals surface area contributed by atoms with Crippen LogP contribution in [0.25, 0.3) is 0 Å². The third-order valence-corrected chi connectivity index (χ3v) is 4.83. The number of hydrogen-bond donors (Lipinski definition) is 1. The van der Waals surface area contributed by atoms with Gasteiger partial charge in [0.1, 0.15) is 5.69 Å². The SMILES string of the molecule is COCCn1nc2c(c1C(=O)NC1CC(C)C1)C[C@H](C)O[C@@H]2C. The van der Waals surface area contributed by atoms with E-state index in [1.54, 1.807) is 11.8 Å². The summed E-state index contributed by atoms with van der Waals surface area (Å²) in [5.41, 5.74) is 2.63. The summed E-state index contributed by atoms with van der Waals surface area (Å²) in [5, 5.41) is 7.81. The molecule has 1 aliphatic carbocycles. The highest BCUT2D eigenvalue weighted by molar-refractivity contribution is 5.94. The lowest BCUT2D eigenvalue weighted by Crippen LogP contribution is -2.44. The smallest absolute Gasteiger partial charge is 0.270 e. The molecule has 0 spiro atoms. The third-order valence-electron chi connectivity index (χ3n) is 4.83. The molecule has 2 heterocycles. The first-order chi connectivity index (χ1) is 11.0. The predicted molar refractivity (Wildman–Crippen MR) is 86.4 cm³/mol. The molecule has 2 aliphatic rings. The zero-order valence-electron chi connectivity index (χ0n) is 14.5. The van der Waals surface area contributed by atoms with Gasteiger partial charge in [0.25, 0.3) is 5.91 Å². The van der Waals surface area contributed by atoms with Crippen LogP contribution < -0.4 is 5.32 Å². The average Bonchev–Trinajstić information content (AvgIpc) is 2.82. The summed E-state index contributed by atoms with van der Waals surface area (Å²) in [5.74, 6) is 0.703. The van der Waals surface area contributed by atoms with Crippen molar-refractivity contribution in [2.45, 2.75) is 64.8 Å². The van der Waals surface area contributed by atoms with Gasteiger partial charge in [0.15, 0.2) is 0 Å². The molecular weight excluding hydrogens is 294 g/mol. The van der Waals surface area contributed by atoms with Gasteiger partial charge < -0.3 is 14.8 Å². The topological polar surface area (TPSA) is 65.4 Å². The van der Waals surface area contributed by atoms with Gasteiger partial charge in [-0.2, -0.15) is 5.10 Å². The lowest BCUT2D eigenvalue weighted by Gasteiger charge is -2.33. The Morgan fingerprint density at radius 1 is 1.39 bits per heavy atom. The molecule has 2 atom stereocenters. The molecule has 1 fully saturated rings. The maximum absolute atomic E-state index is 12.8. The Kier molecular flexibility index (Phi) is 4.73. The highest BCUT2D eigenvalue weighted by Gasteiger charge is 2.34. The van der Waals surface area contributed by atoms with Crippen molar-refractivity contribution in [2.24, 2.45) is 5.92 Å². The van der Waals surface area contributed by atoms with Gasteiger partial charge in [0.2, 0.25) is 0 Å². The normalized spacial score (nSPS) is 29.7. The number of methoxy groups -OCH3 is 1. The molecule has 3 rings (SSSR count). The van der Waals surface area contributed by atoms with E-state index in [0.29, 0.717) is 30.8 Å². The second kappa shape index (κ2) is 6.61. The number of carbonyl (C=O) groups excluding carboxylic acids is 1. The van der Waals surface area contributed by atoms with Crippen molar-refractivity contribution >= 4 is 5.91 Å². The summed E-state index contributed by atoms with van der Waals surface area (Å²) >= 11 is 0. The number of hydrogen-bond acceptors (Lipinski definition) is 4. The minimum absolute atomic E-state index is 0.00643. The lowest BCUT2D eigenvalue weighted by molar-refractivity contribution is -0.00717. The summed E-state index contributed by atoms with van der Waals surface area (Å²) in [6.45, 7) is 7.37. The predicted octanol–water partition coefficient (Wildman–Crippen LogP) is 2.08. The molecule has 1 amide bonds. The molecule has 1 aromatic heterocycles. The second-order valence-electron chi connectivity index (χ2n) is 6.97. The van der Waals surface area contributed by atoms with Gasteiger partial charge in [-0.05, 0) is 32.6 Å². The van der Waals surface area contributed by atoms with E-state index in [-0.39, 0.29) is 18.1 Å². The number of carbonyl (C=O) groups is 1. The van der Waals surface area contributed by atoms with Crippen LogP contribution in [-0.4, -0.2) is 41.6 Å². The fourth-order valence-corrected chi connectivity index (χ4v) is 3.66. The molecule has 1 aliphatic heterocycles. The number of fused-ring (bicyclic) bond motifs is 1. The van der Waals surface area contributed by atoms with Gasteiger partial charge in [-0.1, -0.05) is 6.92 Å². The molecule has 1 saturated carbocycles. The van der Waals surface area contributed by atoms with E-state index in [0.717, 1.165) is 30.5 Å². The second-order valence-corrected chi connectivity index (χ2v) is 6.97. The fourth-order valence-electron chi connectivity index (χ4n) is 3.66. The molecule has 6 nitrogen and oxygen atoms in total. The molecule has 0 bridgehead atoms. The summed E-state index contributed by atoms with van der Waals surface area (Å²) < 4.78 is 12.8. The molecule has 128 valence electrons. The van der Waals surface area contributed by atoms with Crippen LogP contribution in [0.1, 0.15) is 61.5 Å². The number of rotatable bonds is 5. The van der Waals surface area contributed by atoms with E-state index in [2.05, 4.69) is 17.3 Å². The molecule has 0 saturated heterocycles. The molecule has 1 aromatic rings. The third kappa shape index (κ3) is 3.28. The van der Waals surface area contributed by atoms with Crippen LogP contribution >= 0.6 is 0 Å². The minimum Gasteiger partial charge on any atom is -0.383 e. The lowest BCUT2D eigenvalue weighted by atomic mass is 9.82. The first kappa shape index (κ1) is 16.5. The van der Waals surface area contributed by atoms with Crippen molar-refractivity contribution < 1.29 is 14.3 Å². The minimum atomic E-state index is -0.0761. The Morgan fingerprint density at radius 3 is 2.78 bits per heavy atom. The van der Waals surface area contributed by atoms with E-state index < -0.39 is 0 Å². The van der Waals surface area contributed by atoms with Crippen LogP contribution in [-0.2, 0) is 22.4 Å². The van der Waals surface area contributed by atoms with Crippen molar-refractivity contribution in [2.75, 3.05) is 13.7 Å². The van der Waals surface area contributed by atoms with Crippen molar-refractivity contribution in [3.63, 3.8) is 0 Å². The van der Waals surface area contributed by atoms with Gasteiger partial charge in [0.05, 0.1) is 31.1 Å². The van der Waals surface area contributed by atoms with Crippen LogP contribution in [0.4, 0.5) is 0 Å². The monoisotopic (exact) mass is 321 g/mol. The van der Waals surface area contributed by atoms with Gasteiger partial charge in [-0.15, -0.1) is 0 Å². The Bertz CT molecular complexity index is 578. The van der Waals surface area contributed by atoms with E-state index in [1.807, 2.05) is 13.8 Å². The molecule has 6 heteroatoms. The van der Waals surface area contributed by atoms with Crippen molar-refractivity contribution in [3.05, 3.63) is 17.0 Å². The molecule has 0 unspecified atom stereocenters. The number of nitrogens with zero attached hydrogens (tertiary/aromatic N) is 2. The number of aromatic nitrogens is 2. The number of nitrogens with one attached hydrogen (secondary N) is 1. The Labute approximate surface area is 137 Å². The molecule has 0 radical (unpaired) electrons. The van der Waals surface area contributed by atoms with Crippen LogP contribution in [0.2, 0.25) is 0 Å². The quantitative estimate of drug-likeness (QED) is 0.902. The van der Waals surface area contributed by atoms with Gasteiger partial charge in [-0.25, -0.2) is 0 Å². The standard InChI is InChI=1S/C17H27N3O3/c1-10-7-13(8-10)18-17(21)16-14-9-11(2)23-12(3)15(14)19-20(16)5-6-22-4/h10-13H,5-9H2,1-4H3,(H,18,21)/t10?,11-,12+,13?/m0/s1. The zero-order chi connectivity index (χ0) is 16.6. The Morgan fingerprint density at radius 2 is 2.13 bits per heavy atom. The number of ether oxygens (including phenoxy) is 2. The Balaban J connectivity index is 1.87. The average molecular weight is 321 g/mol. The maximum atomic E-state index is 12.8. The van der Waals surface area contributed by atoms with E-state index >= 15 is 0 Å². The molecule has 0 aromatic carbocycles. The van der Waals surface area contributed by atoms with Crippen LogP contribution in [0.3, 0.4) is 0 Å². The molecule has 1 N–H and O–H groups in total. The summed E-state index contributed by atoms with van der Waals surface area (Å²) in [6, 6.07) is 0.300. The van der Waals surface area contributed by atoms with Crippen molar-refractivity contribution in [3.8, 4) is 0 Å². The maximum Gasteiger partial charge on any atom is 0.270 e. The van der Waals surface area contributed by atoms with Crippen LogP contribution in [0, 0.1) is 5.92 Å². The largest absolute Gasteiger partial charge is 0.383 e. The number of amides is 1. The first-order valence-corrected chi connectivity index (χ1v) is 8.54. The first-order valence-electron chi connectivity index (χ1n) is 8.54. The summed E-state index contributed by atoms with van der Waals surface area (Å²) in [7, 11) is 1.66. The zero-order valence-corrected chi connectivity index (χ0v) is 14.5. The van der Waals surface area contributed by atoms with Crippen LogP contribution in [0.15, 0.2) is 0 Å². The van der Waals surface area contributed by atoms with Crippen LogP contribution in [0.5, 0.6) is 0 Å². The summed E-state index contributed by atoms with van der Waals surface area (Å²) in [6.07, 6.45) is 2.89. The molecular formula is C17H27N3O3. The highest BCUT2D eigenvalue weighted by Crippen LogP contribution is 2.32.